The van der Waals surface area contributed by atoms with Crippen LogP contribution in [0.4, 0.5) is 0 Å². The Labute approximate surface area is 125 Å². The number of benzene rings is 2. The Kier molecular flexibility index (Phi) is 5.32. The van der Waals surface area contributed by atoms with Gasteiger partial charge in [0.05, 0.1) is 25.0 Å². The molecule has 4 heteroatoms. The molecule has 2 aromatic rings. The highest BCUT2D eigenvalue weighted by molar-refractivity contribution is 5.27. The molecule has 0 saturated carbocycles. The van der Waals surface area contributed by atoms with Crippen molar-refractivity contribution < 1.29 is 4.74 Å². The maximum Gasteiger partial charge on any atom is 0.118 e. The SMILES string of the molecule is COc1ccc(CC(C)N(Cc2ccccc2)N=O)cc1. The Morgan fingerprint density at radius 2 is 1.71 bits per heavy atom. The lowest BCUT2D eigenvalue weighted by Gasteiger charge is -2.23. The van der Waals surface area contributed by atoms with Crippen molar-refractivity contribution in [2.24, 2.45) is 5.29 Å². The van der Waals surface area contributed by atoms with E-state index in [9.17, 15) is 4.91 Å². The molecule has 2 rings (SSSR count). The summed E-state index contributed by atoms with van der Waals surface area (Å²) in [5.41, 5.74) is 2.24. The fraction of sp³-hybridized carbons (Fsp3) is 0.294. The van der Waals surface area contributed by atoms with E-state index in [0.717, 1.165) is 23.3 Å². The number of nitroso groups, excluding NO2 is 1. The standard InChI is InChI=1S/C17H20N2O2/c1-14(12-15-8-10-17(21-2)11-9-15)19(18-20)13-16-6-4-3-5-7-16/h3-11,14H,12-13H2,1-2H3. The Balaban J connectivity index is 1.99. The maximum atomic E-state index is 11.1. The number of rotatable bonds is 7. The predicted molar refractivity (Wildman–Crippen MR) is 83.9 cm³/mol. The van der Waals surface area contributed by atoms with Crippen LogP contribution in [-0.2, 0) is 13.0 Å². The molecule has 0 spiro atoms. The van der Waals surface area contributed by atoms with E-state index in [1.165, 1.54) is 0 Å². The van der Waals surface area contributed by atoms with Crippen molar-refractivity contribution in [2.45, 2.75) is 25.9 Å². The van der Waals surface area contributed by atoms with Crippen LogP contribution in [0.2, 0.25) is 0 Å². The van der Waals surface area contributed by atoms with E-state index in [-0.39, 0.29) is 6.04 Å². The molecule has 0 aromatic heterocycles. The molecule has 0 fully saturated rings. The fourth-order valence-corrected chi connectivity index (χ4v) is 2.24. The summed E-state index contributed by atoms with van der Waals surface area (Å²) in [6.45, 7) is 2.54. The second-order valence-electron chi connectivity index (χ2n) is 5.07. The van der Waals surface area contributed by atoms with Crippen molar-refractivity contribution in [3.8, 4) is 5.75 Å². The minimum absolute atomic E-state index is 0.0381. The van der Waals surface area contributed by atoms with Crippen molar-refractivity contribution in [3.05, 3.63) is 70.6 Å². The number of nitrogens with zero attached hydrogens (tertiary/aromatic N) is 2. The van der Waals surface area contributed by atoms with Crippen LogP contribution in [0.25, 0.3) is 0 Å². The lowest BCUT2D eigenvalue weighted by Crippen LogP contribution is -2.29. The molecule has 1 atom stereocenters. The molecule has 2 aromatic carbocycles. The Morgan fingerprint density at radius 1 is 1.05 bits per heavy atom. The fourth-order valence-electron chi connectivity index (χ4n) is 2.24. The van der Waals surface area contributed by atoms with Crippen molar-refractivity contribution in [1.82, 2.24) is 5.01 Å². The average Bonchev–Trinajstić information content (AvgIpc) is 2.54. The molecule has 0 aliphatic heterocycles. The maximum absolute atomic E-state index is 11.1. The van der Waals surface area contributed by atoms with Gasteiger partial charge >= 0.3 is 0 Å². The lowest BCUT2D eigenvalue weighted by atomic mass is 10.1. The molecule has 0 aliphatic rings. The van der Waals surface area contributed by atoms with Gasteiger partial charge < -0.3 is 4.74 Å². The first-order chi connectivity index (χ1) is 10.2. The van der Waals surface area contributed by atoms with E-state index in [2.05, 4.69) is 5.29 Å². The van der Waals surface area contributed by atoms with E-state index >= 15 is 0 Å². The van der Waals surface area contributed by atoms with Crippen LogP contribution in [0.1, 0.15) is 18.1 Å². The zero-order valence-corrected chi connectivity index (χ0v) is 12.4. The van der Waals surface area contributed by atoms with Crippen LogP contribution in [0, 0.1) is 4.91 Å². The van der Waals surface area contributed by atoms with Gasteiger partial charge in [0.1, 0.15) is 5.75 Å². The minimum atomic E-state index is 0.0381. The molecule has 1 unspecified atom stereocenters. The molecular weight excluding hydrogens is 264 g/mol. The molecule has 0 radical (unpaired) electrons. The largest absolute Gasteiger partial charge is 0.497 e. The highest BCUT2D eigenvalue weighted by Crippen LogP contribution is 2.16. The first kappa shape index (κ1) is 15.0. The molecule has 21 heavy (non-hydrogen) atoms. The summed E-state index contributed by atoms with van der Waals surface area (Å²) in [5, 5.41) is 4.75. The molecule has 0 bridgehead atoms. The summed E-state index contributed by atoms with van der Waals surface area (Å²) < 4.78 is 5.14. The second kappa shape index (κ2) is 7.43. The molecule has 0 saturated heterocycles. The summed E-state index contributed by atoms with van der Waals surface area (Å²) in [4.78, 5) is 11.1. The molecule has 4 nitrogen and oxygen atoms in total. The molecule has 0 amide bonds. The van der Waals surface area contributed by atoms with Crippen molar-refractivity contribution in [1.29, 1.82) is 0 Å². The van der Waals surface area contributed by atoms with Gasteiger partial charge in [-0.1, -0.05) is 42.5 Å². The van der Waals surface area contributed by atoms with Gasteiger partial charge in [0.15, 0.2) is 0 Å². The normalized spacial score (nSPS) is 11.7. The zero-order chi connectivity index (χ0) is 15.1. The Hall–Kier alpha value is -2.36. The smallest absolute Gasteiger partial charge is 0.118 e. The van der Waals surface area contributed by atoms with Crippen LogP contribution in [0.5, 0.6) is 5.75 Å². The van der Waals surface area contributed by atoms with E-state index < -0.39 is 0 Å². The molecule has 0 N–H and O–H groups in total. The van der Waals surface area contributed by atoms with Gasteiger partial charge in [-0.05, 0) is 36.6 Å². The van der Waals surface area contributed by atoms with E-state index in [4.69, 9.17) is 4.74 Å². The van der Waals surface area contributed by atoms with E-state index in [0.29, 0.717) is 6.54 Å². The number of ether oxygens (including phenoxy) is 1. The first-order valence-corrected chi connectivity index (χ1v) is 6.99. The lowest BCUT2D eigenvalue weighted by molar-refractivity contribution is 0.204. The number of hydrogen-bond acceptors (Lipinski definition) is 3. The van der Waals surface area contributed by atoms with Gasteiger partial charge in [0, 0.05) is 0 Å². The van der Waals surface area contributed by atoms with Gasteiger partial charge in [-0.15, -0.1) is 4.91 Å². The summed E-state index contributed by atoms with van der Waals surface area (Å²) in [6.07, 6.45) is 0.766. The van der Waals surface area contributed by atoms with Crippen LogP contribution < -0.4 is 4.74 Å². The van der Waals surface area contributed by atoms with Gasteiger partial charge in [-0.25, -0.2) is 0 Å². The first-order valence-electron chi connectivity index (χ1n) is 6.99. The Bertz CT molecular complexity index is 555. The highest BCUT2D eigenvalue weighted by atomic mass is 16.5. The Morgan fingerprint density at radius 3 is 2.29 bits per heavy atom. The predicted octanol–water partition coefficient (Wildman–Crippen LogP) is 3.81. The third-order valence-electron chi connectivity index (χ3n) is 3.49. The average molecular weight is 284 g/mol. The summed E-state index contributed by atoms with van der Waals surface area (Å²) >= 11 is 0. The molecule has 0 heterocycles. The summed E-state index contributed by atoms with van der Waals surface area (Å²) in [7, 11) is 1.65. The van der Waals surface area contributed by atoms with Crippen LogP contribution in [-0.4, -0.2) is 18.2 Å². The van der Waals surface area contributed by atoms with Crippen molar-refractivity contribution >= 4 is 0 Å². The van der Waals surface area contributed by atoms with Gasteiger partial charge in [-0.3, -0.25) is 5.01 Å². The quantitative estimate of drug-likeness (QED) is 0.573. The molecular formula is C17H20N2O2. The third-order valence-corrected chi connectivity index (χ3v) is 3.49. The van der Waals surface area contributed by atoms with Gasteiger partial charge in [0.2, 0.25) is 0 Å². The number of methoxy groups -OCH3 is 1. The molecule has 110 valence electrons. The summed E-state index contributed by atoms with van der Waals surface area (Å²) in [5.74, 6) is 0.834. The second-order valence-corrected chi connectivity index (χ2v) is 5.07. The summed E-state index contributed by atoms with van der Waals surface area (Å²) in [6, 6.07) is 17.8. The zero-order valence-electron chi connectivity index (χ0n) is 12.4. The van der Waals surface area contributed by atoms with Gasteiger partial charge in [0.25, 0.3) is 0 Å². The van der Waals surface area contributed by atoms with Crippen LogP contribution in [0.15, 0.2) is 59.9 Å². The number of hydrogen-bond donors (Lipinski definition) is 0. The minimum Gasteiger partial charge on any atom is -0.497 e. The monoisotopic (exact) mass is 284 g/mol. The van der Waals surface area contributed by atoms with Crippen LogP contribution >= 0.6 is 0 Å². The van der Waals surface area contributed by atoms with Crippen LogP contribution in [0.3, 0.4) is 0 Å². The third kappa shape index (κ3) is 4.31. The van der Waals surface area contributed by atoms with Crippen molar-refractivity contribution in [2.75, 3.05) is 7.11 Å². The van der Waals surface area contributed by atoms with E-state index in [1.54, 1.807) is 12.1 Å². The van der Waals surface area contributed by atoms with E-state index in [1.807, 2.05) is 61.5 Å². The van der Waals surface area contributed by atoms with Crippen molar-refractivity contribution in [3.63, 3.8) is 0 Å². The van der Waals surface area contributed by atoms with Gasteiger partial charge in [-0.2, -0.15) is 0 Å². The highest BCUT2D eigenvalue weighted by Gasteiger charge is 2.14. The topological polar surface area (TPSA) is 41.9 Å². The molecule has 0 aliphatic carbocycles.